The largest absolute Gasteiger partial charge is 0.475 e. The van der Waals surface area contributed by atoms with Crippen LogP contribution >= 0.6 is 0 Å². The van der Waals surface area contributed by atoms with E-state index in [1.165, 1.54) is 19.1 Å². The fourth-order valence-corrected chi connectivity index (χ4v) is 3.20. The van der Waals surface area contributed by atoms with E-state index in [0.29, 0.717) is 5.69 Å². The Morgan fingerprint density at radius 1 is 1.30 bits per heavy atom. The second-order valence-electron chi connectivity index (χ2n) is 4.56. The van der Waals surface area contributed by atoms with E-state index >= 15 is 0 Å². The molecule has 1 heterocycles. The monoisotopic (exact) mass is 335 g/mol. The number of nitrogens with zero attached hydrogens (tertiary/aromatic N) is 1. The summed E-state index contributed by atoms with van der Waals surface area (Å²) in [5, 5.41) is 20.6. The standard InChI is InChI=1S/C14H13N3O5S/c1-8-13(6-12(22-8)14(18)19)23(20,21)17-11-5-9(7-15)3-4-10(11)16-2/h3-6,16-17H,1-2H3,(H,18,19). The van der Waals surface area contributed by atoms with Gasteiger partial charge in [-0.15, -0.1) is 0 Å². The van der Waals surface area contributed by atoms with E-state index in [1.807, 2.05) is 6.07 Å². The molecule has 0 aliphatic carbocycles. The molecule has 0 bridgehead atoms. The van der Waals surface area contributed by atoms with Crippen molar-refractivity contribution in [3.63, 3.8) is 0 Å². The van der Waals surface area contributed by atoms with Crippen LogP contribution < -0.4 is 10.0 Å². The Morgan fingerprint density at radius 3 is 2.52 bits per heavy atom. The number of nitriles is 1. The molecule has 0 unspecified atom stereocenters. The Bertz CT molecular complexity index is 909. The molecule has 3 N–H and O–H groups in total. The molecule has 1 aromatic heterocycles. The van der Waals surface area contributed by atoms with Crippen LogP contribution in [0.2, 0.25) is 0 Å². The molecule has 0 saturated carbocycles. The summed E-state index contributed by atoms with van der Waals surface area (Å²) in [4.78, 5) is 10.6. The van der Waals surface area contributed by atoms with Gasteiger partial charge in [-0.1, -0.05) is 0 Å². The zero-order valence-corrected chi connectivity index (χ0v) is 13.1. The highest BCUT2D eigenvalue weighted by Crippen LogP contribution is 2.28. The van der Waals surface area contributed by atoms with Crippen LogP contribution in [0.3, 0.4) is 0 Å². The van der Waals surface area contributed by atoms with Gasteiger partial charge < -0.3 is 14.8 Å². The zero-order valence-electron chi connectivity index (χ0n) is 12.2. The fraction of sp³-hybridized carbons (Fsp3) is 0.143. The van der Waals surface area contributed by atoms with E-state index in [0.717, 1.165) is 6.07 Å². The Morgan fingerprint density at radius 2 is 2.00 bits per heavy atom. The quantitative estimate of drug-likeness (QED) is 0.761. The second-order valence-corrected chi connectivity index (χ2v) is 6.21. The maximum atomic E-state index is 12.5. The number of hydrogen-bond acceptors (Lipinski definition) is 6. The third-order valence-electron chi connectivity index (χ3n) is 3.03. The molecule has 1 aromatic carbocycles. The highest BCUT2D eigenvalue weighted by atomic mass is 32.2. The first-order valence-corrected chi connectivity index (χ1v) is 7.85. The summed E-state index contributed by atoms with van der Waals surface area (Å²) in [5.41, 5.74) is 0.910. The molecule has 0 atom stereocenters. The maximum absolute atomic E-state index is 12.5. The molecule has 0 saturated heterocycles. The van der Waals surface area contributed by atoms with Gasteiger partial charge in [-0.25, -0.2) is 13.2 Å². The van der Waals surface area contributed by atoms with Crippen LogP contribution in [0.15, 0.2) is 33.6 Å². The lowest BCUT2D eigenvalue weighted by Gasteiger charge is -2.12. The number of carboxylic acid groups (broad SMARTS) is 1. The molecule has 2 aromatic rings. The summed E-state index contributed by atoms with van der Waals surface area (Å²) < 4.78 is 32.1. The van der Waals surface area contributed by atoms with Gasteiger partial charge in [-0.05, 0) is 25.1 Å². The van der Waals surface area contributed by atoms with Crippen molar-refractivity contribution >= 4 is 27.4 Å². The van der Waals surface area contributed by atoms with E-state index < -0.39 is 21.8 Å². The van der Waals surface area contributed by atoms with Crippen molar-refractivity contribution in [3.8, 4) is 6.07 Å². The average molecular weight is 335 g/mol. The molecule has 0 amide bonds. The van der Waals surface area contributed by atoms with E-state index in [4.69, 9.17) is 14.8 Å². The summed E-state index contributed by atoms with van der Waals surface area (Å²) in [5.74, 6) is -1.88. The molecule has 0 spiro atoms. The van der Waals surface area contributed by atoms with Gasteiger partial charge >= 0.3 is 5.97 Å². The SMILES string of the molecule is CNc1ccc(C#N)cc1NS(=O)(=O)c1cc(C(=O)O)oc1C. The van der Waals surface area contributed by atoms with Gasteiger partial charge in [-0.3, -0.25) is 4.72 Å². The van der Waals surface area contributed by atoms with Gasteiger partial charge in [0.15, 0.2) is 0 Å². The molecule has 0 aliphatic rings. The van der Waals surface area contributed by atoms with E-state index in [1.54, 1.807) is 13.1 Å². The number of aromatic carboxylic acids is 1. The van der Waals surface area contributed by atoms with Crippen molar-refractivity contribution < 1.29 is 22.7 Å². The molecule has 120 valence electrons. The molecule has 23 heavy (non-hydrogen) atoms. The number of furan rings is 1. The van der Waals surface area contributed by atoms with Crippen molar-refractivity contribution in [3.05, 3.63) is 41.3 Å². The number of nitrogens with one attached hydrogen (secondary N) is 2. The number of aryl methyl sites for hydroxylation is 1. The summed E-state index contributed by atoms with van der Waals surface area (Å²) >= 11 is 0. The molecule has 0 fully saturated rings. The van der Waals surface area contributed by atoms with E-state index in [9.17, 15) is 13.2 Å². The fourth-order valence-electron chi connectivity index (χ4n) is 1.95. The highest BCUT2D eigenvalue weighted by molar-refractivity contribution is 7.92. The Kier molecular flexibility index (Phi) is 4.29. The number of hydrogen-bond donors (Lipinski definition) is 3. The number of anilines is 2. The summed E-state index contributed by atoms with van der Waals surface area (Å²) in [6, 6.07) is 7.32. The van der Waals surface area contributed by atoms with Crippen LogP contribution in [0.4, 0.5) is 11.4 Å². The second kappa shape index (κ2) is 6.02. The minimum atomic E-state index is -4.07. The van der Waals surface area contributed by atoms with Gasteiger partial charge in [0.1, 0.15) is 10.7 Å². The molecule has 9 heteroatoms. The van der Waals surface area contributed by atoms with Crippen molar-refractivity contribution in [1.82, 2.24) is 0 Å². The Hall–Kier alpha value is -2.99. The van der Waals surface area contributed by atoms with Gasteiger partial charge in [0, 0.05) is 13.1 Å². The topological polar surface area (TPSA) is 132 Å². The summed E-state index contributed by atoms with van der Waals surface area (Å²) in [6.45, 7) is 1.35. The van der Waals surface area contributed by atoms with Crippen molar-refractivity contribution in [2.24, 2.45) is 0 Å². The van der Waals surface area contributed by atoms with Gasteiger partial charge in [0.05, 0.1) is 23.0 Å². The molecular formula is C14H13N3O5S. The minimum Gasteiger partial charge on any atom is -0.475 e. The average Bonchev–Trinajstić information content (AvgIpc) is 2.90. The van der Waals surface area contributed by atoms with Gasteiger partial charge in [0.2, 0.25) is 5.76 Å². The molecule has 0 radical (unpaired) electrons. The lowest BCUT2D eigenvalue weighted by Crippen LogP contribution is -2.14. The Labute approximate surface area is 132 Å². The molecule has 8 nitrogen and oxygen atoms in total. The van der Waals surface area contributed by atoms with Gasteiger partial charge in [0.25, 0.3) is 10.0 Å². The van der Waals surface area contributed by atoms with Crippen LogP contribution in [0.1, 0.15) is 21.9 Å². The van der Waals surface area contributed by atoms with Crippen molar-refractivity contribution in [2.45, 2.75) is 11.8 Å². The predicted molar refractivity (Wildman–Crippen MR) is 81.9 cm³/mol. The first-order chi connectivity index (χ1) is 10.8. The normalized spacial score (nSPS) is 10.8. The number of sulfonamides is 1. The number of rotatable bonds is 5. The highest BCUT2D eigenvalue weighted by Gasteiger charge is 2.24. The van der Waals surface area contributed by atoms with Gasteiger partial charge in [-0.2, -0.15) is 5.26 Å². The van der Waals surface area contributed by atoms with E-state index in [-0.39, 0.29) is 21.9 Å². The molecule has 2 rings (SSSR count). The number of benzene rings is 1. The first kappa shape index (κ1) is 16.4. The van der Waals surface area contributed by atoms with E-state index in [2.05, 4.69) is 10.0 Å². The summed E-state index contributed by atoms with van der Waals surface area (Å²) in [6.07, 6.45) is 0. The van der Waals surface area contributed by atoms with Crippen LogP contribution in [0.5, 0.6) is 0 Å². The lowest BCUT2D eigenvalue weighted by atomic mass is 10.2. The third kappa shape index (κ3) is 3.27. The van der Waals surface area contributed by atoms with Crippen LogP contribution in [0, 0.1) is 18.3 Å². The Balaban J connectivity index is 2.47. The van der Waals surface area contributed by atoms with Crippen LogP contribution in [0.25, 0.3) is 0 Å². The smallest absolute Gasteiger partial charge is 0.371 e. The predicted octanol–water partition coefficient (Wildman–Crippen LogP) is 2.00. The maximum Gasteiger partial charge on any atom is 0.371 e. The number of carboxylic acids is 1. The van der Waals surface area contributed by atoms with Crippen molar-refractivity contribution in [1.29, 1.82) is 5.26 Å². The van der Waals surface area contributed by atoms with Crippen LogP contribution in [-0.4, -0.2) is 26.5 Å². The molecule has 0 aliphatic heterocycles. The first-order valence-electron chi connectivity index (χ1n) is 6.37. The van der Waals surface area contributed by atoms with Crippen LogP contribution in [-0.2, 0) is 10.0 Å². The summed E-state index contributed by atoms with van der Waals surface area (Å²) in [7, 11) is -2.47. The lowest BCUT2D eigenvalue weighted by molar-refractivity contribution is 0.0661. The minimum absolute atomic E-state index is 0.0441. The van der Waals surface area contributed by atoms with Crippen molar-refractivity contribution in [2.75, 3.05) is 17.1 Å². The number of carbonyl (C=O) groups is 1. The third-order valence-corrected chi connectivity index (χ3v) is 4.51. The zero-order chi connectivity index (χ0) is 17.2. The molecular weight excluding hydrogens is 322 g/mol.